The number of carbonyl (C=O) groups is 1. The molecule has 0 fully saturated rings. The third-order valence-corrected chi connectivity index (χ3v) is 4.40. The summed E-state index contributed by atoms with van der Waals surface area (Å²) in [5, 5.41) is 2.79. The third kappa shape index (κ3) is 2.42. The molecular formula is C15H14FN3OS. The van der Waals surface area contributed by atoms with Crippen LogP contribution in [0.15, 0.2) is 30.5 Å². The Morgan fingerprint density at radius 3 is 2.71 bits per heavy atom. The van der Waals surface area contributed by atoms with Crippen molar-refractivity contribution in [3.05, 3.63) is 46.9 Å². The smallest absolute Gasteiger partial charge is 0.263 e. The predicted molar refractivity (Wildman–Crippen MR) is 81.2 cm³/mol. The molecule has 4 nitrogen and oxygen atoms in total. The second kappa shape index (κ2) is 5.29. The van der Waals surface area contributed by atoms with Crippen LogP contribution in [-0.2, 0) is 0 Å². The molecule has 1 aromatic carbocycles. The molecule has 2 heterocycles. The van der Waals surface area contributed by atoms with Gasteiger partial charge in [0.25, 0.3) is 5.91 Å². The summed E-state index contributed by atoms with van der Waals surface area (Å²) in [5.41, 5.74) is 2.49. The number of rotatable bonds is 3. The third-order valence-electron chi connectivity index (χ3n) is 3.24. The first kappa shape index (κ1) is 13.8. The lowest BCUT2D eigenvalue weighted by atomic mass is 10.2. The van der Waals surface area contributed by atoms with Gasteiger partial charge in [0, 0.05) is 24.0 Å². The maximum absolute atomic E-state index is 13.0. The Balaban J connectivity index is 2.02. The number of hydrogen-bond acceptors (Lipinski definition) is 3. The van der Waals surface area contributed by atoms with Gasteiger partial charge in [-0.25, -0.2) is 9.37 Å². The van der Waals surface area contributed by atoms with Crippen molar-refractivity contribution in [2.45, 2.75) is 13.8 Å². The van der Waals surface area contributed by atoms with Gasteiger partial charge in [-0.2, -0.15) is 0 Å². The Labute approximate surface area is 125 Å². The van der Waals surface area contributed by atoms with Gasteiger partial charge < -0.3 is 5.32 Å². The summed E-state index contributed by atoms with van der Waals surface area (Å²) >= 11 is 1.36. The average Bonchev–Trinajstić information content (AvgIpc) is 3.00. The zero-order valence-electron chi connectivity index (χ0n) is 11.7. The van der Waals surface area contributed by atoms with E-state index in [9.17, 15) is 9.18 Å². The molecule has 2 aromatic heterocycles. The lowest BCUT2D eigenvalue weighted by Gasteiger charge is -2.00. The van der Waals surface area contributed by atoms with Gasteiger partial charge in [-0.3, -0.25) is 9.20 Å². The maximum atomic E-state index is 13.0. The average molecular weight is 303 g/mol. The fourth-order valence-corrected chi connectivity index (χ4v) is 3.19. The van der Waals surface area contributed by atoms with E-state index in [4.69, 9.17) is 0 Å². The molecule has 0 atom stereocenters. The van der Waals surface area contributed by atoms with Crippen LogP contribution in [0, 0.1) is 12.7 Å². The molecule has 0 bridgehead atoms. The van der Waals surface area contributed by atoms with E-state index in [0.717, 1.165) is 21.9 Å². The van der Waals surface area contributed by atoms with E-state index >= 15 is 0 Å². The van der Waals surface area contributed by atoms with E-state index < -0.39 is 0 Å². The van der Waals surface area contributed by atoms with Crippen LogP contribution in [-0.4, -0.2) is 21.8 Å². The number of hydrogen-bond donors (Lipinski definition) is 1. The molecule has 3 aromatic rings. The summed E-state index contributed by atoms with van der Waals surface area (Å²) in [6, 6.07) is 6.22. The highest BCUT2D eigenvalue weighted by Gasteiger charge is 2.17. The van der Waals surface area contributed by atoms with Gasteiger partial charge in [-0.05, 0) is 38.1 Å². The number of imidazole rings is 1. The van der Waals surface area contributed by atoms with Crippen LogP contribution >= 0.6 is 11.3 Å². The molecular weight excluding hydrogens is 289 g/mol. The molecule has 0 aliphatic heterocycles. The number of thiazole rings is 1. The van der Waals surface area contributed by atoms with E-state index in [2.05, 4.69) is 10.3 Å². The van der Waals surface area contributed by atoms with Crippen molar-refractivity contribution < 1.29 is 9.18 Å². The minimum Gasteiger partial charge on any atom is -0.352 e. The lowest BCUT2D eigenvalue weighted by molar-refractivity contribution is 0.0959. The van der Waals surface area contributed by atoms with Crippen molar-refractivity contribution in [2.24, 2.45) is 0 Å². The van der Waals surface area contributed by atoms with E-state index in [-0.39, 0.29) is 11.7 Å². The molecule has 0 spiro atoms. The van der Waals surface area contributed by atoms with Gasteiger partial charge in [-0.1, -0.05) is 11.3 Å². The molecule has 0 saturated carbocycles. The number of amides is 1. The summed E-state index contributed by atoms with van der Waals surface area (Å²) < 4.78 is 14.9. The van der Waals surface area contributed by atoms with Crippen LogP contribution in [0.4, 0.5) is 4.39 Å². The quantitative estimate of drug-likeness (QED) is 0.807. The molecule has 21 heavy (non-hydrogen) atoms. The van der Waals surface area contributed by atoms with Crippen LogP contribution < -0.4 is 5.32 Å². The molecule has 0 aliphatic rings. The summed E-state index contributed by atoms with van der Waals surface area (Å²) in [6.45, 7) is 4.38. The minimum atomic E-state index is -0.269. The molecule has 6 heteroatoms. The molecule has 0 radical (unpaired) electrons. The molecule has 0 unspecified atom stereocenters. The number of aryl methyl sites for hydroxylation is 1. The SMILES string of the molecule is CCNC(=O)c1sc2nc(-c3ccc(F)cc3)cn2c1C. The van der Waals surface area contributed by atoms with Crippen molar-refractivity contribution in [3.8, 4) is 11.3 Å². The standard InChI is InChI=1S/C15H14FN3OS/c1-3-17-14(20)13-9(2)19-8-12(18-15(19)21-13)10-4-6-11(16)7-5-10/h4-8H,3H2,1-2H3,(H,17,20). The first-order chi connectivity index (χ1) is 10.1. The van der Waals surface area contributed by atoms with Gasteiger partial charge in [-0.15, -0.1) is 0 Å². The summed E-state index contributed by atoms with van der Waals surface area (Å²) in [7, 11) is 0. The molecule has 1 amide bonds. The van der Waals surface area contributed by atoms with E-state index in [1.165, 1.54) is 23.5 Å². The van der Waals surface area contributed by atoms with Gasteiger partial charge >= 0.3 is 0 Å². The first-order valence-electron chi connectivity index (χ1n) is 6.62. The number of nitrogens with zero attached hydrogens (tertiary/aromatic N) is 2. The highest BCUT2D eigenvalue weighted by Crippen LogP contribution is 2.27. The fourth-order valence-electron chi connectivity index (χ4n) is 2.16. The Kier molecular flexibility index (Phi) is 3.47. The second-order valence-electron chi connectivity index (χ2n) is 4.66. The van der Waals surface area contributed by atoms with Gasteiger partial charge in [0.2, 0.25) is 0 Å². The van der Waals surface area contributed by atoms with Crippen molar-refractivity contribution in [2.75, 3.05) is 6.54 Å². The molecule has 3 rings (SSSR count). The van der Waals surface area contributed by atoms with Gasteiger partial charge in [0.05, 0.1) is 5.69 Å². The topological polar surface area (TPSA) is 46.4 Å². The van der Waals surface area contributed by atoms with E-state index in [0.29, 0.717) is 11.4 Å². The van der Waals surface area contributed by atoms with Gasteiger partial charge in [0.1, 0.15) is 10.7 Å². The number of halogens is 1. The lowest BCUT2D eigenvalue weighted by Crippen LogP contribution is -2.22. The number of aromatic nitrogens is 2. The number of carbonyl (C=O) groups excluding carboxylic acids is 1. The number of benzene rings is 1. The minimum absolute atomic E-state index is 0.0752. The highest BCUT2D eigenvalue weighted by molar-refractivity contribution is 7.19. The van der Waals surface area contributed by atoms with Crippen LogP contribution in [0.25, 0.3) is 16.2 Å². The Morgan fingerprint density at radius 2 is 2.10 bits per heavy atom. The summed E-state index contributed by atoms with van der Waals surface area (Å²) in [4.78, 5) is 17.9. The van der Waals surface area contributed by atoms with Crippen LogP contribution in [0.1, 0.15) is 22.3 Å². The normalized spacial score (nSPS) is 11.0. The summed E-state index contributed by atoms with van der Waals surface area (Å²) in [6.07, 6.45) is 1.87. The van der Waals surface area contributed by atoms with Crippen molar-refractivity contribution in [1.82, 2.24) is 14.7 Å². The number of fused-ring (bicyclic) bond motifs is 1. The van der Waals surface area contributed by atoms with Crippen LogP contribution in [0.5, 0.6) is 0 Å². The van der Waals surface area contributed by atoms with Crippen molar-refractivity contribution >= 4 is 22.2 Å². The maximum Gasteiger partial charge on any atom is 0.263 e. The molecule has 0 saturated heterocycles. The first-order valence-corrected chi connectivity index (χ1v) is 7.44. The second-order valence-corrected chi connectivity index (χ2v) is 5.64. The Hall–Kier alpha value is -2.21. The molecule has 108 valence electrons. The highest BCUT2D eigenvalue weighted by atomic mass is 32.1. The predicted octanol–water partition coefficient (Wildman–Crippen LogP) is 3.26. The zero-order chi connectivity index (χ0) is 15.0. The molecule has 1 N–H and O–H groups in total. The van der Waals surface area contributed by atoms with E-state index in [1.54, 1.807) is 12.1 Å². The largest absolute Gasteiger partial charge is 0.352 e. The Morgan fingerprint density at radius 1 is 1.38 bits per heavy atom. The summed E-state index contributed by atoms with van der Waals surface area (Å²) in [5.74, 6) is -0.344. The monoisotopic (exact) mass is 303 g/mol. The van der Waals surface area contributed by atoms with Gasteiger partial charge in [0.15, 0.2) is 4.96 Å². The fraction of sp³-hybridized carbons (Fsp3) is 0.200. The molecule has 0 aliphatic carbocycles. The zero-order valence-corrected chi connectivity index (χ0v) is 12.5. The Bertz CT molecular complexity index is 804. The number of nitrogens with one attached hydrogen (secondary N) is 1. The van der Waals surface area contributed by atoms with E-state index in [1.807, 2.05) is 24.4 Å². The van der Waals surface area contributed by atoms with Crippen molar-refractivity contribution in [1.29, 1.82) is 0 Å². The van der Waals surface area contributed by atoms with Crippen molar-refractivity contribution in [3.63, 3.8) is 0 Å². The van der Waals surface area contributed by atoms with Crippen LogP contribution in [0.2, 0.25) is 0 Å². The van der Waals surface area contributed by atoms with Crippen LogP contribution in [0.3, 0.4) is 0 Å².